The van der Waals surface area contributed by atoms with E-state index in [2.05, 4.69) is 16.9 Å². The van der Waals surface area contributed by atoms with E-state index < -0.39 is 21.9 Å². The summed E-state index contributed by atoms with van der Waals surface area (Å²) >= 11 is 4.64. The van der Waals surface area contributed by atoms with Gasteiger partial charge in [0, 0.05) is 0 Å². The second kappa shape index (κ2) is 4.86. The quantitative estimate of drug-likeness (QED) is 0.787. The number of sulfonamides is 1. The molecule has 0 aromatic heterocycles. The molecule has 0 radical (unpaired) electrons. The van der Waals surface area contributed by atoms with Gasteiger partial charge in [-0.05, 0) is 25.1 Å². The lowest BCUT2D eigenvalue weighted by Gasteiger charge is -2.12. The Morgan fingerprint density at radius 3 is 2.69 bits per heavy atom. The molecule has 4 nitrogen and oxygen atoms in total. The molecular formula is C9H11FN2O2S2. The summed E-state index contributed by atoms with van der Waals surface area (Å²) in [6.07, 6.45) is 0. The first-order valence-corrected chi connectivity index (χ1v) is 6.29. The molecule has 1 aromatic rings. The molecule has 0 saturated heterocycles. The van der Waals surface area contributed by atoms with Crippen molar-refractivity contribution in [3.63, 3.8) is 0 Å². The molecule has 16 heavy (non-hydrogen) atoms. The number of hydrogen-bond acceptors (Lipinski definition) is 3. The average Bonchev–Trinajstić information content (AvgIpc) is 2.17. The third-order valence-electron chi connectivity index (χ3n) is 1.87. The SMILES string of the molecule is CC(NS(=O)(=O)c1cccc(F)c1)C(N)=S. The molecule has 0 spiro atoms. The summed E-state index contributed by atoms with van der Waals surface area (Å²) in [6.45, 7) is 1.51. The second-order valence-electron chi connectivity index (χ2n) is 3.20. The molecule has 7 heteroatoms. The van der Waals surface area contributed by atoms with E-state index in [9.17, 15) is 12.8 Å². The Hall–Kier alpha value is -1.05. The number of hydrogen-bond donors (Lipinski definition) is 2. The Labute approximate surface area is 98.7 Å². The fourth-order valence-corrected chi connectivity index (χ4v) is 2.38. The van der Waals surface area contributed by atoms with Gasteiger partial charge < -0.3 is 5.73 Å². The summed E-state index contributed by atoms with van der Waals surface area (Å²) in [4.78, 5) is -0.129. The molecule has 0 aliphatic heterocycles. The van der Waals surface area contributed by atoms with Crippen LogP contribution in [0.5, 0.6) is 0 Å². The van der Waals surface area contributed by atoms with E-state index in [0.717, 1.165) is 12.1 Å². The van der Waals surface area contributed by atoms with E-state index in [4.69, 9.17) is 5.73 Å². The number of nitrogens with one attached hydrogen (secondary N) is 1. The highest BCUT2D eigenvalue weighted by Crippen LogP contribution is 2.10. The Kier molecular flexibility index (Phi) is 3.95. The van der Waals surface area contributed by atoms with E-state index in [1.54, 1.807) is 0 Å². The van der Waals surface area contributed by atoms with E-state index >= 15 is 0 Å². The first-order chi connectivity index (χ1) is 7.33. The van der Waals surface area contributed by atoms with Crippen LogP contribution in [0.25, 0.3) is 0 Å². The summed E-state index contributed by atoms with van der Waals surface area (Å²) in [5, 5.41) is 0. The van der Waals surface area contributed by atoms with Crippen molar-refractivity contribution >= 4 is 27.2 Å². The topological polar surface area (TPSA) is 72.2 Å². The highest BCUT2D eigenvalue weighted by molar-refractivity contribution is 7.89. The van der Waals surface area contributed by atoms with Crippen LogP contribution in [0.1, 0.15) is 6.92 Å². The fraction of sp³-hybridized carbons (Fsp3) is 0.222. The minimum absolute atomic E-state index is 0.0278. The zero-order valence-electron chi connectivity index (χ0n) is 8.48. The molecule has 0 bridgehead atoms. The van der Waals surface area contributed by atoms with Crippen LogP contribution in [-0.2, 0) is 10.0 Å². The number of thiocarbonyl (C=S) groups is 1. The highest BCUT2D eigenvalue weighted by atomic mass is 32.2. The smallest absolute Gasteiger partial charge is 0.241 e. The summed E-state index contributed by atoms with van der Waals surface area (Å²) < 4.78 is 38.5. The van der Waals surface area contributed by atoms with Gasteiger partial charge in [0.05, 0.1) is 15.9 Å². The minimum Gasteiger partial charge on any atom is -0.392 e. The number of halogens is 1. The third-order valence-corrected chi connectivity index (χ3v) is 3.76. The molecule has 3 N–H and O–H groups in total. The van der Waals surface area contributed by atoms with Gasteiger partial charge in [-0.1, -0.05) is 18.3 Å². The van der Waals surface area contributed by atoms with Crippen LogP contribution in [0.3, 0.4) is 0 Å². The van der Waals surface area contributed by atoms with Gasteiger partial charge in [0.1, 0.15) is 5.82 Å². The van der Waals surface area contributed by atoms with Crippen molar-refractivity contribution in [1.29, 1.82) is 0 Å². The molecule has 0 aliphatic carbocycles. The van der Waals surface area contributed by atoms with Crippen LogP contribution in [-0.4, -0.2) is 19.4 Å². The second-order valence-corrected chi connectivity index (χ2v) is 5.39. The molecular weight excluding hydrogens is 251 g/mol. The van der Waals surface area contributed by atoms with Crippen molar-refractivity contribution in [3.05, 3.63) is 30.1 Å². The van der Waals surface area contributed by atoms with Crippen molar-refractivity contribution in [3.8, 4) is 0 Å². The molecule has 0 fully saturated rings. The number of rotatable bonds is 4. The maximum atomic E-state index is 12.9. The van der Waals surface area contributed by atoms with Crippen LogP contribution >= 0.6 is 12.2 Å². The van der Waals surface area contributed by atoms with Crippen molar-refractivity contribution in [2.75, 3.05) is 0 Å². The Morgan fingerprint density at radius 2 is 2.19 bits per heavy atom. The third kappa shape index (κ3) is 3.22. The lowest BCUT2D eigenvalue weighted by atomic mass is 10.4. The van der Waals surface area contributed by atoms with Gasteiger partial charge in [-0.15, -0.1) is 0 Å². The first-order valence-electron chi connectivity index (χ1n) is 4.40. The maximum absolute atomic E-state index is 12.9. The van der Waals surface area contributed by atoms with Crippen LogP contribution in [0.4, 0.5) is 4.39 Å². The average molecular weight is 262 g/mol. The maximum Gasteiger partial charge on any atom is 0.241 e. The van der Waals surface area contributed by atoms with Crippen molar-refractivity contribution in [2.45, 2.75) is 17.9 Å². The van der Waals surface area contributed by atoms with Crippen molar-refractivity contribution in [2.24, 2.45) is 5.73 Å². The Balaban J connectivity index is 2.99. The molecule has 88 valence electrons. The van der Waals surface area contributed by atoms with E-state index in [1.807, 2.05) is 0 Å². The van der Waals surface area contributed by atoms with Gasteiger partial charge >= 0.3 is 0 Å². The highest BCUT2D eigenvalue weighted by Gasteiger charge is 2.18. The van der Waals surface area contributed by atoms with Gasteiger partial charge in [0.25, 0.3) is 0 Å². The predicted molar refractivity (Wildman–Crippen MR) is 63.0 cm³/mol. The Morgan fingerprint density at radius 1 is 1.56 bits per heavy atom. The van der Waals surface area contributed by atoms with E-state index in [1.165, 1.54) is 19.1 Å². The number of benzene rings is 1. The largest absolute Gasteiger partial charge is 0.392 e. The monoisotopic (exact) mass is 262 g/mol. The van der Waals surface area contributed by atoms with Crippen molar-refractivity contribution < 1.29 is 12.8 Å². The molecule has 1 atom stereocenters. The standard InChI is InChI=1S/C9H11FN2O2S2/c1-6(9(11)15)12-16(13,14)8-4-2-3-7(10)5-8/h2-6,12H,1H3,(H2,11,15). The summed E-state index contributed by atoms with van der Waals surface area (Å²) in [7, 11) is -3.78. The van der Waals surface area contributed by atoms with Gasteiger partial charge in [-0.3, -0.25) is 0 Å². The molecule has 0 saturated carbocycles. The van der Waals surface area contributed by atoms with Crippen LogP contribution in [0, 0.1) is 5.82 Å². The summed E-state index contributed by atoms with van der Waals surface area (Å²) in [5.74, 6) is -0.620. The fourth-order valence-electron chi connectivity index (χ4n) is 0.993. The molecule has 0 amide bonds. The molecule has 1 rings (SSSR count). The lowest BCUT2D eigenvalue weighted by Crippen LogP contribution is -2.41. The first kappa shape index (κ1) is 13.0. The lowest BCUT2D eigenvalue weighted by molar-refractivity contribution is 0.575. The van der Waals surface area contributed by atoms with Crippen LogP contribution < -0.4 is 10.5 Å². The predicted octanol–water partition coefficient (Wildman–Crippen LogP) is 0.779. The molecule has 0 heterocycles. The summed E-state index contributed by atoms with van der Waals surface area (Å²) in [6, 6.07) is 4.01. The molecule has 1 aromatic carbocycles. The van der Waals surface area contributed by atoms with Crippen LogP contribution in [0.2, 0.25) is 0 Å². The van der Waals surface area contributed by atoms with Gasteiger partial charge in [-0.2, -0.15) is 0 Å². The Bertz CT molecular complexity index is 502. The van der Waals surface area contributed by atoms with E-state index in [-0.39, 0.29) is 9.88 Å². The van der Waals surface area contributed by atoms with Gasteiger partial charge in [0.2, 0.25) is 10.0 Å². The number of nitrogens with two attached hydrogens (primary N) is 1. The van der Waals surface area contributed by atoms with Crippen LogP contribution in [0.15, 0.2) is 29.2 Å². The molecule has 1 unspecified atom stereocenters. The minimum atomic E-state index is -3.78. The summed E-state index contributed by atoms with van der Waals surface area (Å²) in [5.41, 5.74) is 5.28. The molecule has 0 aliphatic rings. The van der Waals surface area contributed by atoms with E-state index in [0.29, 0.717) is 0 Å². The zero-order valence-corrected chi connectivity index (χ0v) is 10.1. The van der Waals surface area contributed by atoms with Gasteiger partial charge in [-0.25, -0.2) is 17.5 Å². The van der Waals surface area contributed by atoms with Crippen molar-refractivity contribution in [1.82, 2.24) is 4.72 Å². The normalized spacial score (nSPS) is 13.4. The van der Waals surface area contributed by atoms with Gasteiger partial charge in [0.15, 0.2) is 0 Å². The zero-order chi connectivity index (χ0) is 12.3.